The first-order valence-corrected chi connectivity index (χ1v) is 4.99. The third-order valence-corrected chi connectivity index (χ3v) is 2.72. The van der Waals surface area contributed by atoms with E-state index in [1.165, 1.54) is 0 Å². The molecule has 4 heteroatoms. The fourth-order valence-electron chi connectivity index (χ4n) is 1.79. The summed E-state index contributed by atoms with van der Waals surface area (Å²) >= 11 is 0. The van der Waals surface area contributed by atoms with Crippen LogP contribution >= 0.6 is 0 Å². The highest BCUT2D eigenvalue weighted by atomic mass is 16.6. The molecule has 1 aromatic rings. The molecule has 2 rings (SSSR count). The molecule has 0 spiro atoms. The molecule has 0 radical (unpaired) electrons. The summed E-state index contributed by atoms with van der Waals surface area (Å²) in [7, 11) is 0. The van der Waals surface area contributed by atoms with Crippen LogP contribution in [0, 0.1) is 0 Å². The Hall–Kier alpha value is -1.97. The molecule has 84 valence electrons. The van der Waals surface area contributed by atoms with Gasteiger partial charge in [0.25, 0.3) is 0 Å². The van der Waals surface area contributed by atoms with Gasteiger partial charge in [0, 0.05) is 6.42 Å². The van der Waals surface area contributed by atoms with Gasteiger partial charge in [-0.25, -0.2) is 4.79 Å². The highest BCUT2D eigenvalue weighted by Gasteiger charge is 2.43. The topological polar surface area (TPSA) is 72.5 Å². The summed E-state index contributed by atoms with van der Waals surface area (Å²) in [5.41, 5.74) is 5.83. The number of rotatable bonds is 2. The maximum atomic E-state index is 11.2. The third-order valence-electron chi connectivity index (χ3n) is 2.72. The molecule has 1 heterocycles. The first-order chi connectivity index (χ1) is 7.53. The van der Waals surface area contributed by atoms with E-state index in [0.717, 1.165) is 5.56 Å². The van der Waals surface area contributed by atoms with Gasteiger partial charge in [-0.1, -0.05) is 30.3 Å². The van der Waals surface area contributed by atoms with Crippen LogP contribution in [0.4, 0.5) is 0 Å². The Kier molecular flexibility index (Phi) is 2.34. The van der Waals surface area contributed by atoms with Crippen LogP contribution in [-0.4, -0.2) is 16.7 Å². The second-order valence-corrected chi connectivity index (χ2v) is 4.05. The van der Waals surface area contributed by atoms with Crippen LogP contribution in [-0.2, 0) is 16.0 Å². The number of benzene rings is 1. The van der Waals surface area contributed by atoms with E-state index in [1.54, 1.807) is 6.92 Å². The van der Waals surface area contributed by atoms with Gasteiger partial charge in [-0.05, 0) is 12.5 Å². The van der Waals surface area contributed by atoms with E-state index in [4.69, 9.17) is 10.5 Å². The van der Waals surface area contributed by atoms with Crippen LogP contribution in [0.1, 0.15) is 12.5 Å². The van der Waals surface area contributed by atoms with Crippen LogP contribution in [0.2, 0.25) is 0 Å². The zero-order chi connectivity index (χ0) is 11.8. The summed E-state index contributed by atoms with van der Waals surface area (Å²) in [4.78, 5) is 11.2. The number of carbonyl (C=O) groups excluding carboxylic acids is 1. The van der Waals surface area contributed by atoms with Crippen molar-refractivity contribution in [2.45, 2.75) is 18.9 Å². The molecule has 0 fully saturated rings. The molecule has 1 atom stereocenters. The summed E-state index contributed by atoms with van der Waals surface area (Å²) in [5, 5.41) is 9.36. The van der Waals surface area contributed by atoms with Crippen LogP contribution in [0.3, 0.4) is 0 Å². The summed E-state index contributed by atoms with van der Waals surface area (Å²) in [5.74, 6) is -1.23. The van der Waals surface area contributed by atoms with E-state index in [2.05, 4.69) is 0 Å². The molecule has 4 nitrogen and oxygen atoms in total. The number of aliphatic hydroxyl groups excluding tert-OH is 1. The number of hydrogen-bond donors (Lipinski definition) is 2. The van der Waals surface area contributed by atoms with Gasteiger partial charge in [0.2, 0.25) is 5.76 Å². The van der Waals surface area contributed by atoms with Crippen molar-refractivity contribution in [3.8, 4) is 0 Å². The predicted molar refractivity (Wildman–Crippen MR) is 58.5 cm³/mol. The molecule has 0 unspecified atom stereocenters. The molecule has 0 amide bonds. The molecule has 0 aromatic heterocycles. The van der Waals surface area contributed by atoms with Crippen molar-refractivity contribution in [3.05, 3.63) is 47.4 Å². The van der Waals surface area contributed by atoms with Crippen molar-refractivity contribution in [3.63, 3.8) is 0 Å². The van der Waals surface area contributed by atoms with Crippen molar-refractivity contribution >= 4 is 5.97 Å². The van der Waals surface area contributed by atoms with Crippen molar-refractivity contribution in [1.29, 1.82) is 0 Å². The molecular weight excluding hydrogens is 206 g/mol. The van der Waals surface area contributed by atoms with E-state index in [0.29, 0.717) is 6.42 Å². The standard InChI is InChI=1S/C12H13NO3/c1-12(7-8-5-3-2-4-6-8)10(13)9(14)11(15)16-12/h2-6,14H,7,13H2,1H3/t12-/m0/s1. The first kappa shape index (κ1) is 10.5. The third kappa shape index (κ3) is 1.62. The predicted octanol–water partition coefficient (Wildman–Crippen LogP) is 1.27. The molecule has 0 saturated carbocycles. The summed E-state index contributed by atoms with van der Waals surface area (Å²) in [6, 6.07) is 9.54. The maximum absolute atomic E-state index is 11.2. The normalized spacial score (nSPS) is 24.7. The Morgan fingerprint density at radius 2 is 2.00 bits per heavy atom. The van der Waals surface area contributed by atoms with Gasteiger partial charge in [-0.2, -0.15) is 0 Å². The minimum atomic E-state index is -0.942. The number of aliphatic hydroxyl groups is 1. The smallest absolute Gasteiger partial charge is 0.376 e. The first-order valence-electron chi connectivity index (χ1n) is 4.99. The number of carbonyl (C=O) groups is 1. The lowest BCUT2D eigenvalue weighted by molar-refractivity contribution is -0.147. The number of esters is 1. The van der Waals surface area contributed by atoms with Crippen LogP contribution in [0.25, 0.3) is 0 Å². The Morgan fingerprint density at radius 3 is 2.50 bits per heavy atom. The Balaban J connectivity index is 2.26. The van der Waals surface area contributed by atoms with Gasteiger partial charge < -0.3 is 15.6 Å². The molecule has 3 N–H and O–H groups in total. The Labute approximate surface area is 93.3 Å². The lowest BCUT2D eigenvalue weighted by Crippen LogP contribution is -2.34. The van der Waals surface area contributed by atoms with E-state index in [-0.39, 0.29) is 5.70 Å². The maximum Gasteiger partial charge on any atom is 0.376 e. The number of nitrogens with two attached hydrogens (primary N) is 1. The van der Waals surface area contributed by atoms with E-state index < -0.39 is 17.3 Å². The minimum absolute atomic E-state index is 0.0985. The van der Waals surface area contributed by atoms with Crippen molar-refractivity contribution < 1.29 is 14.6 Å². The summed E-state index contributed by atoms with van der Waals surface area (Å²) < 4.78 is 5.09. The van der Waals surface area contributed by atoms with Gasteiger partial charge in [-0.15, -0.1) is 0 Å². The van der Waals surface area contributed by atoms with Crippen molar-refractivity contribution in [2.75, 3.05) is 0 Å². The fraction of sp³-hybridized carbons (Fsp3) is 0.250. The van der Waals surface area contributed by atoms with Crippen molar-refractivity contribution in [2.24, 2.45) is 5.73 Å². The highest BCUT2D eigenvalue weighted by molar-refractivity contribution is 5.90. The zero-order valence-corrected chi connectivity index (χ0v) is 8.93. The van der Waals surface area contributed by atoms with E-state index in [1.807, 2.05) is 30.3 Å². The Bertz CT molecular complexity index is 453. The van der Waals surface area contributed by atoms with Gasteiger partial charge >= 0.3 is 5.97 Å². The molecule has 1 aliphatic heterocycles. The molecule has 0 aliphatic carbocycles. The lowest BCUT2D eigenvalue weighted by atomic mass is 9.94. The van der Waals surface area contributed by atoms with Crippen LogP contribution < -0.4 is 5.73 Å². The molecule has 1 aromatic carbocycles. The van der Waals surface area contributed by atoms with Crippen LogP contribution in [0.5, 0.6) is 0 Å². The zero-order valence-electron chi connectivity index (χ0n) is 8.93. The SMILES string of the molecule is C[C@@]1(Cc2ccccc2)OC(=O)C(O)=C1N. The fourth-order valence-corrected chi connectivity index (χ4v) is 1.79. The van der Waals surface area contributed by atoms with E-state index >= 15 is 0 Å². The van der Waals surface area contributed by atoms with Gasteiger partial charge in [0.05, 0.1) is 0 Å². The van der Waals surface area contributed by atoms with E-state index in [9.17, 15) is 9.90 Å². The van der Waals surface area contributed by atoms with Gasteiger partial charge in [0.1, 0.15) is 5.70 Å². The molecule has 0 bridgehead atoms. The lowest BCUT2D eigenvalue weighted by Gasteiger charge is -2.23. The average molecular weight is 219 g/mol. The van der Waals surface area contributed by atoms with Gasteiger partial charge in [-0.3, -0.25) is 0 Å². The highest BCUT2D eigenvalue weighted by Crippen LogP contribution is 2.31. The largest absolute Gasteiger partial charge is 0.501 e. The molecular formula is C12H13NO3. The molecule has 0 saturated heterocycles. The summed E-state index contributed by atoms with van der Waals surface area (Å²) in [6.45, 7) is 1.69. The molecule has 1 aliphatic rings. The number of cyclic esters (lactones) is 1. The van der Waals surface area contributed by atoms with Crippen LogP contribution in [0.15, 0.2) is 41.8 Å². The molecule has 16 heavy (non-hydrogen) atoms. The second kappa shape index (κ2) is 3.56. The second-order valence-electron chi connectivity index (χ2n) is 4.05. The average Bonchev–Trinajstić information content (AvgIpc) is 2.44. The summed E-state index contributed by atoms with van der Waals surface area (Å²) in [6.07, 6.45) is 0.454. The van der Waals surface area contributed by atoms with Gasteiger partial charge in [0.15, 0.2) is 5.60 Å². The number of ether oxygens (including phenoxy) is 1. The monoisotopic (exact) mass is 219 g/mol. The quantitative estimate of drug-likeness (QED) is 0.735. The number of hydrogen-bond acceptors (Lipinski definition) is 4. The Morgan fingerprint density at radius 1 is 1.38 bits per heavy atom. The van der Waals surface area contributed by atoms with Crippen molar-refractivity contribution in [1.82, 2.24) is 0 Å². The minimum Gasteiger partial charge on any atom is -0.501 e.